The van der Waals surface area contributed by atoms with Crippen LogP contribution in [0.2, 0.25) is 0 Å². The van der Waals surface area contributed by atoms with Gasteiger partial charge in [0.1, 0.15) is 0 Å². The van der Waals surface area contributed by atoms with Gasteiger partial charge in [0.2, 0.25) is 0 Å². The fourth-order valence-electron chi connectivity index (χ4n) is 3.23. The predicted molar refractivity (Wildman–Crippen MR) is 93.6 cm³/mol. The van der Waals surface area contributed by atoms with Crippen LogP contribution in [-0.4, -0.2) is 49.2 Å². The van der Waals surface area contributed by atoms with Crippen LogP contribution in [0.3, 0.4) is 0 Å². The van der Waals surface area contributed by atoms with Crippen LogP contribution in [0.5, 0.6) is 11.5 Å². The van der Waals surface area contributed by atoms with E-state index in [0.29, 0.717) is 23.7 Å². The Kier molecular flexibility index (Phi) is 5.77. The molecule has 1 aliphatic carbocycles. The average molecular weight is 343 g/mol. The minimum atomic E-state index is -0.114. The first-order chi connectivity index (χ1) is 12.2. The Morgan fingerprint density at radius 2 is 2.00 bits per heavy atom. The number of hydrogen-bond donors (Lipinski definition) is 1. The molecule has 1 saturated carbocycles. The molecular formula is C19H25N3O3. The van der Waals surface area contributed by atoms with Crippen molar-refractivity contribution in [2.24, 2.45) is 0 Å². The van der Waals surface area contributed by atoms with E-state index in [-0.39, 0.29) is 18.6 Å². The van der Waals surface area contributed by atoms with Crippen LogP contribution in [0.15, 0.2) is 18.2 Å². The summed E-state index contributed by atoms with van der Waals surface area (Å²) in [6, 6.07) is 8.06. The second-order valence-electron chi connectivity index (χ2n) is 6.60. The molecule has 6 heteroatoms. The molecule has 6 nitrogen and oxygen atoms in total. The molecule has 2 aliphatic rings. The molecule has 1 aromatic rings. The van der Waals surface area contributed by atoms with Crippen LogP contribution >= 0.6 is 0 Å². The van der Waals surface area contributed by atoms with Crippen LogP contribution in [0.25, 0.3) is 0 Å². The summed E-state index contributed by atoms with van der Waals surface area (Å²) in [5.41, 5.74) is 0.502. The van der Waals surface area contributed by atoms with Gasteiger partial charge in [0.05, 0.1) is 18.2 Å². The summed E-state index contributed by atoms with van der Waals surface area (Å²) >= 11 is 0. The summed E-state index contributed by atoms with van der Waals surface area (Å²) in [7, 11) is 0. The monoisotopic (exact) mass is 343 g/mol. The highest BCUT2D eigenvalue weighted by atomic mass is 16.5. The van der Waals surface area contributed by atoms with Crippen molar-refractivity contribution < 1.29 is 14.3 Å². The molecule has 25 heavy (non-hydrogen) atoms. The van der Waals surface area contributed by atoms with Gasteiger partial charge in [0.25, 0.3) is 5.91 Å². The lowest BCUT2D eigenvalue weighted by Gasteiger charge is -2.32. The van der Waals surface area contributed by atoms with Gasteiger partial charge in [-0.3, -0.25) is 4.79 Å². The third-order valence-electron chi connectivity index (χ3n) is 4.69. The number of amides is 1. The molecule has 3 rings (SSSR count). The maximum Gasteiger partial charge on any atom is 0.258 e. The standard InChI is InChI=1S/C19H25N3O3/c1-2-24-18-11-14(12-20)3-6-17(18)25-13-19(23)21-15-7-9-22(10-8-15)16-4-5-16/h3,6,11,15-16H,2,4-5,7-10,13H2,1H3,(H,21,23). The van der Waals surface area contributed by atoms with E-state index in [0.717, 1.165) is 32.0 Å². The zero-order valence-electron chi connectivity index (χ0n) is 14.7. The zero-order valence-corrected chi connectivity index (χ0v) is 14.7. The number of benzene rings is 1. The van der Waals surface area contributed by atoms with Crippen LogP contribution in [0.4, 0.5) is 0 Å². The predicted octanol–water partition coefficient (Wildman–Crippen LogP) is 2.08. The maximum atomic E-state index is 12.2. The number of hydrogen-bond acceptors (Lipinski definition) is 5. The summed E-state index contributed by atoms with van der Waals surface area (Å²) in [5.74, 6) is 0.864. The third-order valence-corrected chi connectivity index (χ3v) is 4.69. The van der Waals surface area contributed by atoms with Crippen molar-refractivity contribution in [1.29, 1.82) is 5.26 Å². The lowest BCUT2D eigenvalue weighted by Crippen LogP contribution is -2.46. The number of ether oxygens (including phenoxy) is 2. The van der Waals surface area contributed by atoms with E-state index in [1.54, 1.807) is 18.2 Å². The van der Waals surface area contributed by atoms with Gasteiger partial charge in [-0.1, -0.05) is 0 Å². The van der Waals surface area contributed by atoms with Crippen LogP contribution < -0.4 is 14.8 Å². The summed E-state index contributed by atoms with van der Waals surface area (Å²) in [6.07, 6.45) is 4.67. The summed E-state index contributed by atoms with van der Waals surface area (Å²) in [5, 5.41) is 12.0. The first-order valence-corrected chi connectivity index (χ1v) is 9.02. The van der Waals surface area contributed by atoms with E-state index in [2.05, 4.69) is 16.3 Å². The van der Waals surface area contributed by atoms with Crippen molar-refractivity contribution in [1.82, 2.24) is 10.2 Å². The first-order valence-electron chi connectivity index (χ1n) is 9.02. The number of likely N-dealkylation sites (tertiary alicyclic amines) is 1. The minimum Gasteiger partial charge on any atom is -0.490 e. The summed E-state index contributed by atoms with van der Waals surface area (Å²) < 4.78 is 11.1. The highest BCUT2D eigenvalue weighted by Gasteiger charge is 2.32. The Morgan fingerprint density at radius 3 is 2.64 bits per heavy atom. The fraction of sp³-hybridized carbons (Fsp3) is 0.579. The molecule has 0 radical (unpaired) electrons. The zero-order chi connectivity index (χ0) is 17.6. The number of nitrogens with zero attached hydrogens (tertiary/aromatic N) is 2. The average Bonchev–Trinajstić information content (AvgIpc) is 3.46. The molecule has 0 bridgehead atoms. The molecule has 0 atom stereocenters. The number of rotatable bonds is 7. The molecule has 0 aromatic heterocycles. The van der Waals surface area contributed by atoms with Crippen molar-refractivity contribution in [3.05, 3.63) is 23.8 Å². The molecule has 2 fully saturated rings. The fourth-order valence-corrected chi connectivity index (χ4v) is 3.23. The highest BCUT2D eigenvalue weighted by Crippen LogP contribution is 2.30. The molecule has 0 spiro atoms. The Bertz CT molecular complexity index is 644. The van der Waals surface area contributed by atoms with Gasteiger partial charge in [-0.2, -0.15) is 5.26 Å². The Labute approximate surface area is 148 Å². The number of nitriles is 1. The molecule has 1 saturated heterocycles. The summed E-state index contributed by atoms with van der Waals surface area (Å²) in [4.78, 5) is 14.7. The molecule has 1 N–H and O–H groups in total. The molecule has 0 unspecified atom stereocenters. The van der Waals surface area contributed by atoms with Crippen molar-refractivity contribution in [2.75, 3.05) is 26.3 Å². The number of piperidine rings is 1. The van der Waals surface area contributed by atoms with Gasteiger partial charge in [-0.15, -0.1) is 0 Å². The van der Waals surface area contributed by atoms with E-state index >= 15 is 0 Å². The molecule has 1 aliphatic heterocycles. The SMILES string of the molecule is CCOc1cc(C#N)ccc1OCC(=O)NC1CCN(C2CC2)CC1. The van der Waals surface area contributed by atoms with Crippen LogP contribution in [0, 0.1) is 11.3 Å². The second kappa shape index (κ2) is 8.21. The van der Waals surface area contributed by atoms with Gasteiger partial charge in [-0.25, -0.2) is 0 Å². The van der Waals surface area contributed by atoms with Gasteiger partial charge < -0.3 is 19.7 Å². The minimum absolute atomic E-state index is 0.0468. The van der Waals surface area contributed by atoms with Crippen molar-refractivity contribution >= 4 is 5.91 Å². The van der Waals surface area contributed by atoms with Crippen molar-refractivity contribution in [2.45, 2.75) is 44.7 Å². The van der Waals surface area contributed by atoms with Gasteiger partial charge in [-0.05, 0) is 44.7 Å². The normalized spacial score (nSPS) is 18.4. The van der Waals surface area contributed by atoms with E-state index < -0.39 is 0 Å². The lowest BCUT2D eigenvalue weighted by molar-refractivity contribution is -0.124. The largest absolute Gasteiger partial charge is 0.490 e. The van der Waals surface area contributed by atoms with E-state index in [9.17, 15) is 4.79 Å². The smallest absolute Gasteiger partial charge is 0.258 e. The van der Waals surface area contributed by atoms with E-state index in [1.165, 1.54) is 12.8 Å². The third kappa shape index (κ3) is 4.86. The molecule has 134 valence electrons. The summed E-state index contributed by atoms with van der Waals surface area (Å²) in [6.45, 7) is 4.43. The molecule has 1 heterocycles. The highest BCUT2D eigenvalue weighted by molar-refractivity contribution is 5.78. The van der Waals surface area contributed by atoms with Gasteiger partial charge >= 0.3 is 0 Å². The maximum absolute atomic E-state index is 12.2. The first kappa shape index (κ1) is 17.6. The van der Waals surface area contributed by atoms with Crippen LogP contribution in [0.1, 0.15) is 38.2 Å². The number of carbonyl (C=O) groups excluding carboxylic acids is 1. The molecular weight excluding hydrogens is 318 g/mol. The van der Waals surface area contributed by atoms with E-state index in [4.69, 9.17) is 14.7 Å². The second-order valence-corrected chi connectivity index (χ2v) is 6.60. The van der Waals surface area contributed by atoms with Gasteiger partial charge in [0.15, 0.2) is 18.1 Å². The molecule has 1 amide bonds. The Morgan fingerprint density at radius 1 is 1.24 bits per heavy atom. The quantitative estimate of drug-likeness (QED) is 0.820. The Balaban J connectivity index is 1.46. The van der Waals surface area contributed by atoms with E-state index in [1.807, 2.05) is 6.92 Å². The van der Waals surface area contributed by atoms with Crippen molar-refractivity contribution in [3.8, 4) is 17.6 Å². The number of nitrogens with one attached hydrogen (secondary N) is 1. The van der Waals surface area contributed by atoms with Gasteiger partial charge in [0, 0.05) is 31.2 Å². The topological polar surface area (TPSA) is 74.6 Å². The molecule has 1 aromatic carbocycles. The lowest BCUT2D eigenvalue weighted by atomic mass is 10.0. The van der Waals surface area contributed by atoms with Crippen LogP contribution in [-0.2, 0) is 4.79 Å². The number of carbonyl (C=O) groups is 1. The van der Waals surface area contributed by atoms with Crippen molar-refractivity contribution in [3.63, 3.8) is 0 Å². The Hall–Kier alpha value is -2.26.